The highest BCUT2D eigenvalue weighted by molar-refractivity contribution is 6.18. The Balaban J connectivity index is 2.11. The largest absolute Gasteiger partial charge is 0.393 e. The molecule has 22 heavy (non-hydrogen) atoms. The van der Waals surface area contributed by atoms with Gasteiger partial charge in [-0.2, -0.15) is 4.98 Å². The molecule has 5 N–H and O–H groups in total. The first kappa shape index (κ1) is 15.2. The van der Waals surface area contributed by atoms with Crippen molar-refractivity contribution in [2.24, 2.45) is 0 Å². The van der Waals surface area contributed by atoms with Crippen LogP contribution in [0.5, 0.6) is 0 Å². The lowest BCUT2D eigenvalue weighted by Gasteiger charge is -2.26. The maximum Gasteiger partial charge on any atom is 0.280 e. The predicted octanol–water partition coefficient (Wildman–Crippen LogP) is -1.10. The lowest BCUT2D eigenvalue weighted by atomic mass is 9.99. The molecular formula is C11H13ClFN5O4. The van der Waals surface area contributed by atoms with Gasteiger partial charge in [0.15, 0.2) is 23.6 Å². The van der Waals surface area contributed by atoms with Crippen molar-refractivity contribution in [2.75, 3.05) is 18.2 Å². The molecule has 0 saturated carbocycles. The van der Waals surface area contributed by atoms with Crippen LogP contribution in [0.25, 0.3) is 11.2 Å². The minimum atomic E-state index is -1.90. The van der Waals surface area contributed by atoms with E-state index in [0.717, 1.165) is 10.9 Å². The van der Waals surface area contributed by atoms with Crippen molar-refractivity contribution in [3.63, 3.8) is 0 Å². The monoisotopic (exact) mass is 333 g/mol. The van der Waals surface area contributed by atoms with Gasteiger partial charge in [-0.05, 0) is 0 Å². The van der Waals surface area contributed by atoms with E-state index in [1.54, 1.807) is 0 Å². The fraction of sp³-hybridized carbons (Fsp3) is 0.545. The number of ether oxygens (including phenoxy) is 1. The van der Waals surface area contributed by atoms with Gasteiger partial charge in [0, 0.05) is 0 Å². The summed E-state index contributed by atoms with van der Waals surface area (Å²) < 4.78 is 21.0. The number of aliphatic hydroxyl groups excluding tert-OH is 2. The van der Waals surface area contributed by atoms with Crippen LogP contribution in [0.15, 0.2) is 11.1 Å². The summed E-state index contributed by atoms with van der Waals surface area (Å²) in [5, 5.41) is 19.3. The van der Waals surface area contributed by atoms with Crippen molar-refractivity contribution in [3.8, 4) is 0 Å². The smallest absolute Gasteiger partial charge is 0.280 e. The first-order valence-corrected chi connectivity index (χ1v) is 6.86. The summed E-state index contributed by atoms with van der Waals surface area (Å²) in [5.41, 5.74) is 3.19. The molecule has 0 aromatic carbocycles. The SMILES string of the molecule is Nc1nc2c(ncn2[C@@H]2O[C@@](CO)(CCl)C(O)[C@H]2F)c(=O)[nH]1. The Morgan fingerprint density at radius 3 is 2.95 bits per heavy atom. The average molecular weight is 334 g/mol. The fourth-order valence-electron chi connectivity index (χ4n) is 2.44. The van der Waals surface area contributed by atoms with E-state index in [1.807, 2.05) is 0 Å². The maximum atomic E-state index is 14.4. The van der Waals surface area contributed by atoms with Gasteiger partial charge in [-0.25, -0.2) is 9.37 Å². The highest BCUT2D eigenvalue weighted by atomic mass is 35.5. The molecule has 0 amide bonds. The second-order valence-electron chi connectivity index (χ2n) is 5.03. The van der Waals surface area contributed by atoms with Crippen molar-refractivity contribution >= 4 is 28.7 Å². The van der Waals surface area contributed by atoms with E-state index in [4.69, 9.17) is 22.1 Å². The number of imidazole rings is 1. The zero-order valence-electron chi connectivity index (χ0n) is 11.1. The van der Waals surface area contributed by atoms with Crippen molar-refractivity contribution < 1.29 is 19.3 Å². The molecular weight excluding hydrogens is 321 g/mol. The number of alkyl halides is 2. The third-order valence-corrected chi connectivity index (χ3v) is 4.14. The van der Waals surface area contributed by atoms with Gasteiger partial charge in [0.1, 0.15) is 11.7 Å². The molecule has 3 heterocycles. The van der Waals surface area contributed by atoms with Crippen LogP contribution in [0.4, 0.5) is 10.3 Å². The number of hydrogen-bond acceptors (Lipinski definition) is 7. The van der Waals surface area contributed by atoms with Gasteiger partial charge in [-0.3, -0.25) is 14.3 Å². The van der Waals surface area contributed by atoms with E-state index in [2.05, 4.69) is 15.0 Å². The lowest BCUT2D eigenvalue weighted by Crippen LogP contribution is -2.47. The van der Waals surface area contributed by atoms with E-state index in [9.17, 15) is 19.4 Å². The molecule has 2 aromatic rings. The number of hydrogen-bond donors (Lipinski definition) is 4. The van der Waals surface area contributed by atoms with Gasteiger partial charge in [0.2, 0.25) is 5.95 Å². The Kier molecular flexibility index (Phi) is 3.56. The topological polar surface area (TPSA) is 139 Å². The summed E-state index contributed by atoms with van der Waals surface area (Å²) >= 11 is 5.69. The summed E-state index contributed by atoms with van der Waals surface area (Å²) in [6, 6.07) is 0. The molecule has 0 spiro atoms. The van der Waals surface area contributed by atoms with Crippen LogP contribution >= 0.6 is 11.6 Å². The Morgan fingerprint density at radius 1 is 1.64 bits per heavy atom. The third kappa shape index (κ3) is 1.99. The standard InChI is InChI=1S/C11H13ClFN5O4/c12-1-11(2-19)6(20)4(13)9(22-11)18-3-15-5-7(18)16-10(14)17-8(5)21/h3-4,6,9,19-20H,1-2H2,(H3,14,16,17,21)/t4-,6?,9-,11-/m1/s1. The second kappa shape index (κ2) is 5.16. The second-order valence-corrected chi connectivity index (χ2v) is 5.30. The lowest BCUT2D eigenvalue weighted by molar-refractivity contribution is -0.113. The number of rotatable bonds is 3. The molecule has 0 radical (unpaired) electrons. The van der Waals surface area contributed by atoms with Crippen LogP contribution < -0.4 is 11.3 Å². The Morgan fingerprint density at radius 2 is 2.36 bits per heavy atom. The summed E-state index contributed by atoms with van der Waals surface area (Å²) in [7, 11) is 0. The van der Waals surface area contributed by atoms with Crippen LogP contribution in [0, 0.1) is 0 Å². The Hall–Kier alpha value is -1.75. The molecule has 120 valence electrons. The van der Waals surface area contributed by atoms with Crippen LogP contribution in [0.3, 0.4) is 0 Å². The van der Waals surface area contributed by atoms with E-state index in [0.29, 0.717) is 0 Å². The number of nitrogens with zero attached hydrogens (tertiary/aromatic N) is 3. The molecule has 1 fully saturated rings. The van der Waals surface area contributed by atoms with Crippen molar-refractivity contribution in [1.29, 1.82) is 0 Å². The summed E-state index contributed by atoms with van der Waals surface area (Å²) in [6.07, 6.45) is -3.74. The highest BCUT2D eigenvalue weighted by Gasteiger charge is 2.55. The van der Waals surface area contributed by atoms with E-state index >= 15 is 0 Å². The number of aromatic amines is 1. The van der Waals surface area contributed by atoms with Crippen LogP contribution in [-0.2, 0) is 4.74 Å². The quantitative estimate of drug-likeness (QED) is 0.523. The first-order chi connectivity index (χ1) is 10.4. The molecule has 1 aliphatic heterocycles. The average Bonchev–Trinajstić information content (AvgIpc) is 3.01. The van der Waals surface area contributed by atoms with E-state index in [-0.39, 0.29) is 23.0 Å². The van der Waals surface area contributed by atoms with Crippen molar-refractivity contribution in [3.05, 3.63) is 16.7 Å². The molecule has 3 rings (SSSR count). The molecule has 1 aliphatic rings. The van der Waals surface area contributed by atoms with E-state index in [1.165, 1.54) is 0 Å². The Bertz CT molecular complexity index is 761. The number of nitrogen functional groups attached to an aromatic ring is 1. The molecule has 1 unspecified atom stereocenters. The zero-order valence-corrected chi connectivity index (χ0v) is 11.9. The van der Waals surface area contributed by atoms with Gasteiger partial charge >= 0.3 is 0 Å². The van der Waals surface area contributed by atoms with Crippen LogP contribution in [0.2, 0.25) is 0 Å². The van der Waals surface area contributed by atoms with Crippen molar-refractivity contribution in [2.45, 2.75) is 24.1 Å². The minimum Gasteiger partial charge on any atom is -0.393 e. The fourth-order valence-corrected chi connectivity index (χ4v) is 2.75. The summed E-state index contributed by atoms with van der Waals surface area (Å²) in [4.78, 5) is 21.7. The minimum absolute atomic E-state index is 0.00409. The van der Waals surface area contributed by atoms with E-state index < -0.39 is 36.3 Å². The first-order valence-electron chi connectivity index (χ1n) is 6.32. The van der Waals surface area contributed by atoms with Gasteiger partial charge in [-0.1, -0.05) is 0 Å². The molecule has 9 nitrogen and oxygen atoms in total. The number of fused-ring (bicyclic) bond motifs is 1. The number of nitrogens with one attached hydrogen (secondary N) is 1. The van der Waals surface area contributed by atoms with Gasteiger partial charge in [0.05, 0.1) is 18.8 Å². The maximum absolute atomic E-state index is 14.4. The van der Waals surface area contributed by atoms with Crippen LogP contribution in [0.1, 0.15) is 6.23 Å². The molecule has 2 aromatic heterocycles. The predicted molar refractivity (Wildman–Crippen MR) is 74.1 cm³/mol. The molecule has 0 bridgehead atoms. The van der Waals surface area contributed by atoms with Gasteiger partial charge in [-0.15, -0.1) is 11.6 Å². The highest BCUT2D eigenvalue weighted by Crippen LogP contribution is 2.40. The molecule has 0 aliphatic carbocycles. The number of nitrogens with two attached hydrogens (primary N) is 1. The summed E-state index contributed by atoms with van der Waals surface area (Å²) in [5.74, 6) is -0.483. The normalized spacial score (nSPS) is 31.9. The molecule has 11 heteroatoms. The van der Waals surface area contributed by atoms with Gasteiger partial charge < -0.3 is 20.7 Å². The van der Waals surface area contributed by atoms with Crippen molar-refractivity contribution in [1.82, 2.24) is 19.5 Å². The molecule has 1 saturated heterocycles. The van der Waals surface area contributed by atoms with Gasteiger partial charge in [0.25, 0.3) is 5.56 Å². The Labute approximate surface area is 127 Å². The number of H-pyrrole nitrogens is 1. The number of halogens is 2. The molecule has 4 atom stereocenters. The zero-order chi connectivity index (χ0) is 16.1. The van der Waals surface area contributed by atoms with Crippen LogP contribution in [-0.4, -0.2) is 60.1 Å². The number of aromatic nitrogens is 4. The third-order valence-electron chi connectivity index (χ3n) is 3.69. The number of anilines is 1. The summed E-state index contributed by atoms with van der Waals surface area (Å²) in [6.45, 7) is -0.669. The number of aliphatic hydroxyl groups is 2.